The van der Waals surface area contributed by atoms with Gasteiger partial charge < -0.3 is 4.57 Å². The molecule has 2 heteroatoms. The third-order valence-corrected chi connectivity index (χ3v) is 4.05. The van der Waals surface area contributed by atoms with Crippen LogP contribution in [-0.4, -0.2) is 10.4 Å². The normalized spacial score (nSPS) is 12.5. The first-order chi connectivity index (χ1) is 10.2. The number of carbonyl (C=O) groups excluding carboxylic acids is 1. The molecule has 0 bridgehead atoms. The highest BCUT2D eigenvalue weighted by Gasteiger charge is 2.16. The summed E-state index contributed by atoms with van der Waals surface area (Å²) in [7, 11) is 2.05. The largest absolute Gasteiger partial charge is 0.350 e. The zero-order valence-electron chi connectivity index (χ0n) is 12.4. The summed E-state index contributed by atoms with van der Waals surface area (Å²) in [5.41, 5.74) is 3.26. The molecule has 3 rings (SSSR count). The highest BCUT2D eigenvalue weighted by molar-refractivity contribution is 5.97. The number of carbonyl (C=O) groups is 1. The summed E-state index contributed by atoms with van der Waals surface area (Å²) in [6.45, 7) is 2.13. The number of Topliss-reactive ketones (excluding diaryl/α,β-unsaturated/α-hetero) is 1. The third kappa shape index (κ3) is 2.62. The molecular weight excluding hydrogens is 258 g/mol. The second-order valence-corrected chi connectivity index (χ2v) is 5.61. The second-order valence-electron chi connectivity index (χ2n) is 5.61. The van der Waals surface area contributed by atoms with E-state index in [1.165, 1.54) is 16.5 Å². The fourth-order valence-electron chi connectivity index (χ4n) is 2.90. The van der Waals surface area contributed by atoms with E-state index >= 15 is 0 Å². The molecule has 1 heterocycles. The molecule has 1 unspecified atom stereocenters. The van der Waals surface area contributed by atoms with E-state index in [4.69, 9.17) is 0 Å². The maximum absolute atomic E-state index is 12.4. The number of nitrogens with zero attached hydrogens (tertiary/aromatic N) is 1. The Morgan fingerprint density at radius 1 is 1.05 bits per heavy atom. The molecule has 0 saturated carbocycles. The van der Waals surface area contributed by atoms with Crippen molar-refractivity contribution in [1.29, 1.82) is 0 Å². The summed E-state index contributed by atoms with van der Waals surface area (Å²) in [6, 6.07) is 17.9. The Hall–Kier alpha value is -2.35. The van der Waals surface area contributed by atoms with Crippen molar-refractivity contribution >= 4 is 16.7 Å². The molecule has 1 aromatic heterocycles. The highest BCUT2D eigenvalue weighted by atomic mass is 16.1. The van der Waals surface area contributed by atoms with Gasteiger partial charge in [0.05, 0.1) is 0 Å². The number of rotatable bonds is 4. The zero-order chi connectivity index (χ0) is 14.8. The monoisotopic (exact) mass is 277 g/mol. The molecule has 0 spiro atoms. The Balaban J connectivity index is 1.88. The molecule has 2 aromatic carbocycles. The Morgan fingerprint density at radius 2 is 1.71 bits per heavy atom. The van der Waals surface area contributed by atoms with Gasteiger partial charge in [-0.2, -0.15) is 0 Å². The van der Waals surface area contributed by atoms with Crippen molar-refractivity contribution in [2.45, 2.75) is 19.3 Å². The van der Waals surface area contributed by atoms with Gasteiger partial charge in [-0.15, -0.1) is 0 Å². The number of hydrogen-bond donors (Lipinski definition) is 0. The van der Waals surface area contributed by atoms with E-state index in [2.05, 4.69) is 42.9 Å². The van der Waals surface area contributed by atoms with E-state index in [9.17, 15) is 4.79 Å². The quantitative estimate of drug-likeness (QED) is 0.641. The topological polar surface area (TPSA) is 22.0 Å². The van der Waals surface area contributed by atoms with Crippen LogP contribution in [0.4, 0.5) is 0 Å². The molecule has 21 heavy (non-hydrogen) atoms. The van der Waals surface area contributed by atoms with Crippen molar-refractivity contribution < 1.29 is 4.79 Å². The molecule has 0 amide bonds. The van der Waals surface area contributed by atoms with Gasteiger partial charge in [0.2, 0.25) is 0 Å². The van der Waals surface area contributed by atoms with E-state index in [1.54, 1.807) is 0 Å². The van der Waals surface area contributed by atoms with Crippen molar-refractivity contribution in [2.24, 2.45) is 7.05 Å². The molecule has 0 aliphatic heterocycles. The number of fused-ring (bicyclic) bond motifs is 1. The van der Waals surface area contributed by atoms with Gasteiger partial charge in [0.25, 0.3) is 0 Å². The second kappa shape index (κ2) is 5.57. The molecule has 2 nitrogen and oxygen atoms in total. The zero-order valence-corrected chi connectivity index (χ0v) is 12.4. The summed E-state index contributed by atoms with van der Waals surface area (Å²) in [4.78, 5) is 12.4. The Bertz CT molecular complexity index is 771. The molecule has 0 aliphatic carbocycles. The van der Waals surface area contributed by atoms with Crippen LogP contribution >= 0.6 is 0 Å². The first-order valence-electron chi connectivity index (χ1n) is 7.29. The van der Waals surface area contributed by atoms with E-state index < -0.39 is 0 Å². The molecule has 0 saturated heterocycles. The molecule has 0 radical (unpaired) electrons. The van der Waals surface area contributed by atoms with Gasteiger partial charge in [0, 0.05) is 36.1 Å². The van der Waals surface area contributed by atoms with E-state index in [-0.39, 0.29) is 11.7 Å². The summed E-state index contributed by atoms with van der Waals surface area (Å²) in [5.74, 6) is 0.417. The summed E-state index contributed by atoms with van der Waals surface area (Å²) in [6.07, 6.45) is 2.69. The van der Waals surface area contributed by atoms with Crippen LogP contribution in [0, 0.1) is 0 Å². The van der Waals surface area contributed by atoms with Crippen molar-refractivity contribution in [3.05, 3.63) is 71.9 Å². The van der Waals surface area contributed by atoms with Crippen molar-refractivity contribution in [3.63, 3.8) is 0 Å². The van der Waals surface area contributed by atoms with Gasteiger partial charge in [-0.05, 0) is 17.5 Å². The molecular formula is C19H19NO. The molecule has 106 valence electrons. The van der Waals surface area contributed by atoms with Gasteiger partial charge in [-0.25, -0.2) is 0 Å². The number of aryl methyl sites for hydroxylation is 1. The van der Waals surface area contributed by atoms with Gasteiger partial charge in [0.15, 0.2) is 5.78 Å². The van der Waals surface area contributed by atoms with Crippen molar-refractivity contribution in [1.82, 2.24) is 4.57 Å². The SMILES string of the molecule is CC(CC(=O)c1ccccc1)c1cn(C)c2ccccc12. The predicted octanol–water partition coefficient (Wildman–Crippen LogP) is 4.55. The molecule has 1 atom stereocenters. The van der Waals surface area contributed by atoms with E-state index in [0.29, 0.717) is 6.42 Å². The maximum atomic E-state index is 12.4. The number of aromatic nitrogens is 1. The molecule has 0 aliphatic rings. The van der Waals surface area contributed by atoms with Crippen molar-refractivity contribution in [3.8, 4) is 0 Å². The van der Waals surface area contributed by atoms with Crippen LogP contribution in [0.3, 0.4) is 0 Å². The molecule has 0 fully saturated rings. The van der Waals surface area contributed by atoms with Crippen LogP contribution in [0.5, 0.6) is 0 Å². The van der Waals surface area contributed by atoms with E-state index in [1.807, 2.05) is 36.4 Å². The standard InChI is InChI=1S/C19H19NO/c1-14(12-19(21)15-8-4-3-5-9-15)17-13-20(2)18-11-7-6-10-16(17)18/h3-11,13-14H,12H2,1-2H3. The molecule has 3 aromatic rings. The highest BCUT2D eigenvalue weighted by Crippen LogP contribution is 2.29. The fourth-order valence-corrected chi connectivity index (χ4v) is 2.90. The van der Waals surface area contributed by atoms with Crippen LogP contribution in [0.2, 0.25) is 0 Å². The van der Waals surface area contributed by atoms with Gasteiger partial charge >= 0.3 is 0 Å². The van der Waals surface area contributed by atoms with Gasteiger partial charge in [0.1, 0.15) is 0 Å². The fraction of sp³-hybridized carbons (Fsp3) is 0.211. The van der Waals surface area contributed by atoms with Crippen LogP contribution in [0.15, 0.2) is 60.8 Å². The minimum Gasteiger partial charge on any atom is -0.350 e. The number of ketones is 1. The number of hydrogen-bond acceptors (Lipinski definition) is 1. The summed E-state index contributed by atoms with van der Waals surface area (Å²) in [5, 5.41) is 1.24. The minimum absolute atomic E-state index is 0.205. The minimum atomic E-state index is 0.205. The van der Waals surface area contributed by atoms with Crippen LogP contribution in [-0.2, 0) is 7.05 Å². The van der Waals surface area contributed by atoms with Crippen LogP contribution in [0.25, 0.3) is 10.9 Å². The van der Waals surface area contributed by atoms with Crippen LogP contribution < -0.4 is 0 Å². The summed E-state index contributed by atoms with van der Waals surface area (Å²) >= 11 is 0. The average Bonchev–Trinajstić information content (AvgIpc) is 2.86. The molecule has 0 N–H and O–H groups in total. The van der Waals surface area contributed by atoms with Gasteiger partial charge in [-0.3, -0.25) is 4.79 Å². The Kier molecular flexibility index (Phi) is 3.61. The number of benzene rings is 2. The lowest BCUT2D eigenvalue weighted by molar-refractivity contribution is 0.0976. The lowest BCUT2D eigenvalue weighted by Crippen LogP contribution is -2.04. The third-order valence-electron chi connectivity index (χ3n) is 4.05. The first kappa shape index (κ1) is 13.6. The lowest BCUT2D eigenvalue weighted by atomic mass is 9.93. The first-order valence-corrected chi connectivity index (χ1v) is 7.29. The Morgan fingerprint density at radius 3 is 2.48 bits per heavy atom. The maximum Gasteiger partial charge on any atom is 0.163 e. The number of para-hydroxylation sites is 1. The average molecular weight is 277 g/mol. The Labute approximate surface area is 125 Å². The lowest BCUT2D eigenvalue weighted by Gasteiger charge is -2.10. The van der Waals surface area contributed by atoms with Crippen molar-refractivity contribution in [2.75, 3.05) is 0 Å². The van der Waals surface area contributed by atoms with E-state index in [0.717, 1.165) is 5.56 Å². The van der Waals surface area contributed by atoms with Gasteiger partial charge in [-0.1, -0.05) is 55.5 Å². The summed E-state index contributed by atoms with van der Waals surface area (Å²) < 4.78 is 2.13. The smallest absolute Gasteiger partial charge is 0.163 e. The predicted molar refractivity (Wildman–Crippen MR) is 86.7 cm³/mol. The van der Waals surface area contributed by atoms with Crippen LogP contribution in [0.1, 0.15) is 35.2 Å².